The number of hydrogen-bond donors (Lipinski definition) is 2. The van der Waals surface area contributed by atoms with Crippen molar-refractivity contribution in [3.8, 4) is 11.5 Å². The minimum atomic E-state index is 0.0643. The second kappa shape index (κ2) is 6.08. The van der Waals surface area contributed by atoms with Crippen molar-refractivity contribution >= 4 is 11.3 Å². The van der Waals surface area contributed by atoms with Crippen molar-refractivity contribution < 1.29 is 9.84 Å². The Labute approximate surface area is 117 Å². The van der Waals surface area contributed by atoms with Crippen molar-refractivity contribution in [2.75, 3.05) is 7.11 Å². The molecule has 0 saturated heterocycles. The summed E-state index contributed by atoms with van der Waals surface area (Å²) in [5, 5.41) is 17.6. The molecule has 2 rings (SSSR count). The summed E-state index contributed by atoms with van der Waals surface area (Å²) in [5.74, 6) is 1.05. The molecule has 0 aliphatic heterocycles. The van der Waals surface area contributed by atoms with E-state index in [2.05, 4.69) is 23.0 Å². The summed E-state index contributed by atoms with van der Waals surface area (Å²) in [7, 11) is 1.63. The summed E-state index contributed by atoms with van der Waals surface area (Å²) in [6.07, 6.45) is 0. The fourth-order valence-corrected chi connectivity index (χ4v) is 2.80. The second-order valence-electron chi connectivity index (χ2n) is 4.61. The maximum absolute atomic E-state index is 9.92. The van der Waals surface area contributed by atoms with Crippen molar-refractivity contribution in [3.05, 3.63) is 45.6 Å². The highest BCUT2D eigenvalue weighted by Crippen LogP contribution is 2.28. The largest absolute Gasteiger partial charge is 0.508 e. The summed E-state index contributed by atoms with van der Waals surface area (Å²) in [6, 6.07) is 5.36. The topological polar surface area (TPSA) is 41.5 Å². The second-order valence-corrected chi connectivity index (χ2v) is 5.35. The molecular weight excluding hydrogens is 258 g/mol. The van der Waals surface area contributed by atoms with Gasteiger partial charge in [0, 0.05) is 18.2 Å². The zero-order valence-electron chi connectivity index (χ0n) is 11.4. The van der Waals surface area contributed by atoms with E-state index in [4.69, 9.17) is 4.74 Å². The van der Waals surface area contributed by atoms with Crippen LogP contribution in [0.3, 0.4) is 0 Å². The van der Waals surface area contributed by atoms with Gasteiger partial charge in [0.1, 0.15) is 11.5 Å². The Morgan fingerprint density at radius 2 is 2.16 bits per heavy atom. The zero-order chi connectivity index (χ0) is 13.8. The van der Waals surface area contributed by atoms with E-state index < -0.39 is 0 Å². The number of phenolic OH excluding ortho intramolecular Hbond substituents is 1. The fourth-order valence-electron chi connectivity index (χ4n) is 1.95. The summed E-state index contributed by atoms with van der Waals surface area (Å²) < 4.78 is 5.19. The Hall–Kier alpha value is -1.52. The number of methoxy groups -OCH3 is 1. The van der Waals surface area contributed by atoms with E-state index in [1.807, 2.05) is 13.0 Å². The number of rotatable bonds is 5. The van der Waals surface area contributed by atoms with E-state index >= 15 is 0 Å². The van der Waals surface area contributed by atoms with Crippen LogP contribution in [-0.2, 0) is 6.54 Å². The van der Waals surface area contributed by atoms with Crippen LogP contribution in [0.15, 0.2) is 29.0 Å². The van der Waals surface area contributed by atoms with Crippen LogP contribution in [0.1, 0.15) is 29.7 Å². The number of nitrogens with one attached hydrogen (secondary N) is 1. The van der Waals surface area contributed by atoms with Crippen molar-refractivity contribution in [1.29, 1.82) is 0 Å². The van der Waals surface area contributed by atoms with Gasteiger partial charge in [-0.25, -0.2) is 0 Å². The van der Waals surface area contributed by atoms with Crippen molar-refractivity contribution in [1.82, 2.24) is 5.32 Å². The molecule has 0 fully saturated rings. The van der Waals surface area contributed by atoms with E-state index in [1.54, 1.807) is 30.6 Å². The van der Waals surface area contributed by atoms with Crippen molar-refractivity contribution in [2.45, 2.75) is 26.4 Å². The Kier molecular flexibility index (Phi) is 4.45. The number of hydrogen-bond acceptors (Lipinski definition) is 4. The summed E-state index contributed by atoms with van der Waals surface area (Å²) in [4.78, 5) is 0. The average Bonchev–Trinajstić information content (AvgIpc) is 2.82. The van der Waals surface area contributed by atoms with E-state index in [0.717, 1.165) is 17.9 Å². The number of thiophene rings is 1. The first kappa shape index (κ1) is 13.9. The molecule has 3 nitrogen and oxygen atoms in total. The predicted molar refractivity (Wildman–Crippen MR) is 79.0 cm³/mol. The molecule has 102 valence electrons. The van der Waals surface area contributed by atoms with Gasteiger partial charge < -0.3 is 15.2 Å². The van der Waals surface area contributed by atoms with E-state index in [9.17, 15) is 5.11 Å². The Balaban J connectivity index is 2.07. The van der Waals surface area contributed by atoms with E-state index in [1.165, 1.54) is 11.1 Å². The lowest BCUT2D eigenvalue weighted by atomic mass is 10.1. The Morgan fingerprint density at radius 1 is 1.37 bits per heavy atom. The number of ether oxygens (including phenoxy) is 1. The van der Waals surface area contributed by atoms with Crippen LogP contribution in [-0.4, -0.2) is 12.2 Å². The lowest BCUT2D eigenvalue weighted by Crippen LogP contribution is -2.18. The number of aromatic hydroxyl groups is 1. The summed E-state index contributed by atoms with van der Waals surface area (Å²) >= 11 is 1.71. The summed E-state index contributed by atoms with van der Waals surface area (Å²) in [6.45, 7) is 4.95. The van der Waals surface area contributed by atoms with E-state index in [0.29, 0.717) is 5.75 Å². The highest BCUT2D eigenvalue weighted by molar-refractivity contribution is 7.08. The smallest absolute Gasteiger partial charge is 0.120 e. The maximum Gasteiger partial charge on any atom is 0.120 e. The third kappa shape index (κ3) is 3.28. The van der Waals surface area contributed by atoms with Crippen LogP contribution in [0.2, 0.25) is 0 Å². The first-order chi connectivity index (χ1) is 9.11. The van der Waals surface area contributed by atoms with Gasteiger partial charge >= 0.3 is 0 Å². The van der Waals surface area contributed by atoms with Gasteiger partial charge in [0.15, 0.2) is 0 Å². The zero-order valence-corrected chi connectivity index (χ0v) is 12.3. The molecule has 19 heavy (non-hydrogen) atoms. The lowest BCUT2D eigenvalue weighted by Gasteiger charge is -2.16. The predicted octanol–water partition coefficient (Wildman–Crippen LogP) is 3.62. The van der Waals surface area contributed by atoms with Gasteiger partial charge in [-0.05, 0) is 53.9 Å². The Bertz CT molecular complexity index is 551. The standard InChI is InChI=1S/C15H19NO2S/c1-10-8-19-9-12(10)7-16-11(2)14-6-13(18-3)4-5-15(14)17/h4-6,8-9,11,16-17H,7H2,1-3H3. The lowest BCUT2D eigenvalue weighted by molar-refractivity contribution is 0.407. The molecule has 2 aromatic rings. The highest BCUT2D eigenvalue weighted by Gasteiger charge is 2.11. The number of benzene rings is 1. The van der Waals surface area contributed by atoms with Crippen LogP contribution < -0.4 is 10.1 Å². The number of phenols is 1. The van der Waals surface area contributed by atoms with Crippen LogP contribution >= 0.6 is 11.3 Å². The molecule has 0 spiro atoms. The molecule has 4 heteroatoms. The van der Waals surface area contributed by atoms with Gasteiger partial charge in [0.25, 0.3) is 0 Å². The van der Waals surface area contributed by atoms with Gasteiger partial charge in [-0.3, -0.25) is 0 Å². The van der Waals surface area contributed by atoms with Crippen LogP contribution in [0.25, 0.3) is 0 Å². The van der Waals surface area contributed by atoms with Gasteiger partial charge in [0.05, 0.1) is 7.11 Å². The monoisotopic (exact) mass is 277 g/mol. The van der Waals surface area contributed by atoms with Crippen LogP contribution in [0, 0.1) is 6.92 Å². The highest BCUT2D eigenvalue weighted by atomic mass is 32.1. The quantitative estimate of drug-likeness (QED) is 0.877. The molecule has 0 saturated carbocycles. The maximum atomic E-state index is 9.92. The van der Waals surface area contributed by atoms with Gasteiger partial charge in [-0.2, -0.15) is 11.3 Å². The third-order valence-electron chi connectivity index (χ3n) is 3.26. The van der Waals surface area contributed by atoms with Gasteiger partial charge in [0.2, 0.25) is 0 Å². The summed E-state index contributed by atoms with van der Waals surface area (Å²) in [5.41, 5.74) is 3.46. The molecule has 1 aromatic heterocycles. The molecule has 0 aliphatic carbocycles. The number of aryl methyl sites for hydroxylation is 1. The molecule has 0 amide bonds. The van der Waals surface area contributed by atoms with Crippen LogP contribution in [0.5, 0.6) is 11.5 Å². The van der Waals surface area contributed by atoms with Crippen LogP contribution in [0.4, 0.5) is 0 Å². The fraction of sp³-hybridized carbons (Fsp3) is 0.333. The van der Waals surface area contributed by atoms with Crippen molar-refractivity contribution in [3.63, 3.8) is 0 Å². The van der Waals surface area contributed by atoms with Gasteiger partial charge in [-0.1, -0.05) is 0 Å². The molecule has 0 aliphatic rings. The molecule has 1 atom stereocenters. The molecule has 1 unspecified atom stereocenters. The molecular formula is C15H19NO2S. The normalized spacial score (nSPS) is 12.4. The first-order valence-corrected chi connectivity index (χ1v) is 7.18. The molecule has 1 aromatic carbocycles. The minimum absolute atomic E-state index is 0.0643. The van der Waals surface area contributed by atoms with E-state index in [-0.39, 0.29) is 6.04 Å². The Morgan fingerprint density at radius 3 is 2.79 bits per heavy atom. The van der Waals surface area contributed by atoms with Crippen molar-refractivity contribution in [2.24, 2.45) is 0 Å². The SMILES string of the molecule is COc1ccc(O)c(C(C)NCc2cscc2C)c1. The minimum Gasteiger partial charge on any atom is -0.508 e. The molecule has 0 radical (unpaired) electrons. The average molecular weight is 277 g/mol. The first-order valence-electron chi connectivity index (χ1n) is 6.23. The molecule has 2 N–H and O–H groups in total. The molecule has 0 bridgehead atoms. The molecule has 1 heterocycles. The third-order valence-corrected chi connectivity index (χ3v) is 4.17. The van der Waals surface area contributed by atoms with Gasteiger partial charge in [-0.15, -0.1) is 0 Å².